The molecule has 0 aliphatic heterocycles. The Hall–Kier alpha value is -0.290. The first kappa shape index (κ1) is 14.1. The Bertz CT molecular complexity index is 603. The van der Waals surface area contributed by atoms with Crippen LogP contribution in [0.1, 0.15) is 5.56 Å². The van der Waals surface area contributed by atoms with Gasteiger partial charge in [0.1, 0.15) is 5.82 Å². The zero-order chi connectivity index (χ0) is 13.3. The van der Waals surface area contributed by atoms with Crippen LogP contribution in [0.5, 0.6) is 0 Å². The number of hydrogen-bond acceptors (Lipinski definition) is 2. The zero-order valence-electron chi connectivity index (χ0n) is 9.27. The van der Waals surface area contributed by atoms with Crippen LogP contribution in [0.15, 0.2) is 33.3 Å². The molecule has 94 valence electrons. The lowest BCUT2D eigenvalue weighted by Crippen LogP contribution is -1.96. The zero-order valence-corrected chi connectivity index (χ0v) is 14.0. The molecule has 1 N–H and O–H groups in total. The van der Waals surface area contributed by atoms with E-state index in [0.29, 0.717) is 21.6 Å². The number of benzene rings is 1. The van der Waals surface area contributed by atoms with E-state index >= 15 is 0 Å². The number of hydrogen-bond donors (Lipinski definition) is 1. The molecule has 1 aromatic carbocycles. The van der Waals surface area contributed by atoms with E-state index in [-0.39, 0.29) is 0 Å². The van der Waals surface area contributed by atoms with Crippen LogP contribution in [-0.2, 0) is 0 Å². The second kappa shape index (κ2) is 5.78. The molecule has 0 atom stereocenters. The van der Waals surface area contributed by atoms with Gasteiger partial charge in [0, 0.05) is 10.7 Å². The predicted octanol–water partition coefficient (Wildman–Crippen LogP) is 5.97. The Morgan fingerprint density at radius 3 is 2.56 bits per heavy atom. The van der Waals surface area contributed by atoms with Crippen LogP contribution in [0.4, 0.5) is 11.5 Å². The summed E-state index contributed by atoms with van der Waals surface area (Å²) in [6, 6.07) is 5.60. The summed E-state index contributed by atoms with van der Waals surface area (Å²) in [5, 5.41) is 4.09. The minimum Gasteiger partial charge on any atom is -0.338 e. The van der Waals surface area contributed by atoms with Crippen molar-refractivity contribution in [2.24, 2.45) is 0 Å². The lowest BCUT2D eigenvalue weighted by molar-refractivity contribution is 1.25. The highest BCUT2D eigenvalue weighted by Crippen LogP contribution is 2.38. The van der Waals surface area contributed by atoms with Gasteiger partial charge in [-0.25, -0.2) is 4.98 Å². The van der Waals surface area contributed by atoms with Gasteiger partial charge in [-0.05, 0) is 62.5 Å². The van der Waals surface area contributed by atoms with Crippen molar-refractivity contribution in [3.05, 3.63) is 49.0 Å². The van der Waals surface area contributed by atoms with Gasteiger partial charge in [0.05, 0.1) is 20.2 Å². The molecule has 2 rings (SSSR count). The fraction of sp³-hybridized carbons (Fsp3) is 0.0833. The smallest absolute Gasteiger partial charge is 0.144 e. The van der Waals surface area contributed by atoms with Gasteiger partial charge in [-0.2, -0.15) is 0 Å². The third kappa shape index (κ3) is 2.82. The van der Waals surface area contributed by atoms with Crippen LogP contribution >= 0.6 is 55.1 Å². The highest BCUT2D eigenvalue weighted by molar-refractivity contribution is 9.11. The molecular formula is C12H8Br2Cl2N2. The maximum absolute atomic E-state index is 6.17. The van der Waals surface area contributed by atoms with E-state index in [1.807, 2.05) is 25.1 Å². The molecular weight excluding hydrogens is 403 g/mol. The van der Waals surface area contributed by atoms with Crippen LogP contribution in [0.25, 0.3) is 0 Å². The Morgan fingerprint density at radius 2 is 1.83 bits per heavy atom. The summed E-state index contributed by atoms with van der Waals surface area (Å²) in [4.78, 5) is 4.26. The normalized spacial score (nSPS) is 10.5. The Balaban J connectivity index is 2.41. The summed E-state index contributed by atoms with van der Waals surface area (Å²) in [7, 11) is 0. The van der Waals surface area contributed by atoms with Crippen molar-refractivity contribution in [1.82, 2.24) is 4.98 Å². The number of aryl methyl sites for hydroxylation is 1. The fourth-order valence-electron chi connectivity index (χ4n) is 1.38. The van der Waals surface area contributed by atoms with Crippen molar-refractivity contribution in [2.45, 2.75) is 6.92 Å². The van der Waals surface area contributed by atoms with Crippen molar-refractivity contribution in [2.75, 3.05) is 5.32 Å². The summed E-state index contributed by atoms with van der Waals surface area (Å²) in [5.74, 6) is 0.704. The van der Waals surface area contributed by atoms with Crippen LogP contribution in [-0.4, -0.2) is 4.98 Å². The quantitative estimate of drug-likeness (QED) is 0.617. The van der Waals surface area contributed by atoms with Gasteiger partial charge in [-0.1, -0.05) is 23.2 Å². The topological polar surface area (TPSA) is 24.9 Å². The summed E-state index contributed by atoms with van der Waals surface area (Å²) in [5.41, 5.74) is 1.80. The summed E-state index contributed by atoms with van der Waals surface area (Å²) in [6.07, 6.45) is 1.73. The molecule has 0 aliphatic rings. The van der Waals surface area contributed by atoms with Crippen LogP contribution < -0.4 is 5.32 Å². The number of anilines is 2. The number of nitrogens with zero attached hydrogens (tertiary/aromatic N) is 1. The molecule has 0 bridgehead atoms. The Morgan fingerprint density at radius 1 is 1.11 bits per heavy atom. The lowest BCUT2D eigenvalue weighted by Gasteiger charge is -2.11. The predicted molar refractivity (Wildman–Crippen MR) is 84.1 cm³/mol. The minimum absolute atomic E-state index is 0.459. The molecule has 1 aromatic heterocycles. The van der Waals surface area contributed by atoms with E-state index in [4.69, 9.17) is 23.2 Å². The largest absolute Gasteiger partial charge is 0.338 e. The summed E-state index contributed by atoms with van der Waals surface area (Å²) in [6.45, 7) is 1.99. The first-order chi connectivity index (χ1) is 8.50. The average Bonchev–Trinajstić information content (AvgIpc) is 2.35. The third-order valence-corrected chi connectivity index (χ3v) is 5.14. The number of aromatic nitrogens is 1. The van der Waals surface area contributed by atoms with E-state index in [1.165, 1.54) is 0 Å². The second-order valence-corrected chi connectivity index (χ2v) is 6.04. The van der Waals surface area contributed by atoms with E-state index in [9.17, 15) is 0 Å². The average molecular weight is 411 g/mol. The molecule has 1 heterocycles. The molecule has 2 aromatic rings. The first-order valence-corrected chi connectivity index (χ1v) is 7.36. The van der Waals surface area contributed by atoms with Crippen molar-refractivity contribution < 1.29 is 0 Å². The number of pyridine rings is 1. The van der Waals surface area contributed by atoms with Crippen molar-refractivity contribution in [3.63, 3.8) is 0 Å². The maximum Gasteiger partial charge on any atom is 0.144 e. The van der Waals surface area contributed by atoms with E-state index < -0.39 is 0 Å². The van der Waals surface area contributed by atoms with Gasteiger partial charge < -0.3 is 5.32 Å². The number of nitrogens with one attached hydrogen (secondary N) is 1. The van der Waals surface area contributed by atoms with Gasteiger partial charge in [0.15, 0.2) is 0 Å². The van der Waals surface area contributed by atoms with Gasteiger partial charge in [0.25, 0.3) is 0 Å². The van der Waals surface area contributed by atoms with E-state index in [2.05, 4.69) is 42.2 Å². The minimum atomic E-state index is 0.459. The molecule has 0 radical (unpaired) electrons. The van der Waals surface area contributed by atoms with Crippen LogP contribution in [0.3, 0.4) is 0 Å². The Kier molecular flexibility index (Phi) is 4.54. The SMILES string of the molecule is Cc1ccnc(Nc2ccc(Br)c(Cl)c2Cl)c1Br. The lowest BCUT2D eigenvalue weighted by atomic mass is 10.3. The van der Waals surface area contributed by atoms with Gasteiger partial charge in [0.2, 0.25) is 0 Å². The molecule has 0 saturated carbocycles. The first-order valence-electron chi connectivity index (χ1n) is 5.02. The van der Waals surface area contributed by atoms with Crippen molar-refractivity contribution in [1.29, 1.82) is 0 Å². The summed E-state index contributed by atoms with van der Waals surface area (Å²) < 4.78 is 1.66. The maximum atomic E-state index is 6.17. The van der Waals surface area contributed by atoms with Gasteiger partial charge in [-0.3, -0.25) is 0 Å². The standard InChI is InChI=1S/C12H8Br2Cl2N2/c1-6-4-5-17-12(9(6)14)18-8-3-2-7(13)10(15)11(8)16/h2-5H,1H3,(H,17,18). The molecule has 0 aliphatic carbocycles. The Labute approximate surface area is 132 Å². The highest BCUT2D eigenvalue weighted by atomic mass is 79.9. The molecule has 2 nitrogen and oxygen atoms in total. The highest BCUT2D eigenvalue weighted by Gasteiger charge is 2.11. The van der Waals surface area contributed by atoms with Crippen molar-refractivity contribution >= 4 is 66.6 Å². The van der Waals surface area contributed by atoms with Crippen molar-refractivity contribution in [3.8, 4) is 0 Å². The molecule has 0 fully saturated rings. The van der Waals surface area contributed by atoms with E-state index in [0.717, 1.165) is 14.5 Å². The van der Waals surface area contributed by atoms with Crippen LogP contribution in [0.2, 0.25) is 10.0 Å². The molecule has 18 heavy (non-hydrogen) atoms. The third-order valence-electron chi connectivity index (χ3n) is 2.37. The number of rotatable bonds is 2. The molecule has 0 amide bonds. The molecule has 6 heteroatoms. The monoisotopic (exact) mass is 408 g/mol. The molecule has 0 spiro atoms. The molecule has 0 unspecified atom stereocenters. The second-order valence-electron chi connectivity index (χ2n) is 3.64. The molecule has 0 saturated heterocycles. The summed E-state index contributed by atoms with van der Waals surface area (Å²) >= 11 is 19.0. The van der Waals surface area contributed by atoms with Gasteiger partial charge in [-0.15, -0.1) is 0 Å². The van der Waals surface area contributed by atoms with Crippen LogP contribution in [0, 0.1) is 6.92 Å². The fourth-order valence-corrected chi connectivity index (χ4v) is 2.53. The van der Waals surface area contributed by atoms with Gasteiger partial charge >= 0.3 is 0 Å². The number of halogens is 4. The van der Waals surface area contributed by atoms with E-state index in [1.54, 1.807) is 6.20 Å².